The van der Waals surface area contributed by atoms with E-state index in [4.69, 9.17) is 4.74 Å². The molecule has 3 aromatic carbocycles. The minimum atomic E-state index is -1.02. The fourth-order valence-corrected chi connectivity index (χ4v) is 5.57. The van der Waals surface area contributed by atoms with Crippen molar-refractivity contribution in [3.63, 3.8) is 0 Å². The van der Waals surface area contributed by atoms with Crippen LogP contribution in [0.15, 0.2) is 78.9 Å². The zero-order valence-electron chi connectivity index (χ0n) is 16.4. The number of esters is 1. The molecule has 1 N–H and O–H groups in total. The third-order valence-corrected chi connectivity index (χ3v) is 6.80. The molecule has 5 heteroatoms. The molecule has 1 amide bonds. The van der Waals surface area contributed by atoms with Gasteiger partial charge in [0.2, 0.25) is 0 Å². The molecule has 3 aliphatic rings. The maximum absolute atomic E-state index is 13.8. The van der Waals surface area contributed by atoms with Crippen molar-refractivity contribution in [3.8, 4) is 5.75 Å². The van der Waals surface area contributed by atoms with E-state index in [9.17, 15) is 9.59 Å². The molecule has 0 aliphatic carbocycles. The van der Waals surface area contributed by atoms with Crippen molar-refractivity contribution in [1.82, 2.24) is 5.32 Å². The van der Waals surface area contributed by atoms with Crippen molar-refractivity contribution in [2.45, 2.75) is 17.5 Å². The van der Waals surface area contributed by atoms with Gasteiger partial charge in [0.05, 0.1) is 5.92 Å². The number of para-hydroxylation sites is 2. The summed E-state index contributed by atoms with van der Waals surface area (Å²) in [7, 11) is 1.80. The number of hydrogen-bond donors (Lipinski definition) is 1. The van der Waals surface area contributed by atoms with E-state index in [1.54, 1.807) is 11.9 Å². The number of anilines is 1. The van der Waals surface area contributed by atoms with Gasteiger partial charge in [-0.05, 0) is 17.7 Å². The molecule has 0 radical (unpaired) electrons. The molecule has 3 aliphatic heterocycles. The van der Waals surface area contributed by atoms with Crippen LogP contribution >= 0.6 is 0 Å². The maximum Gasteiger partial charge on any atom is 0.317 e. The highest BCUT2D eigenvalue weighted by atomic mass is 16.5. The predicted molar refractivity (Wildman–Crippen MR) is 112 cm³/mol. The Hall–Kier alpha value is -3.44. The molecular weight excluding hydrogens is 376 g/mol. The summed E-state index contributed by atoms with van der Waals surface area (Å²) >= 11 is 0. The average molecular weight is 396 g/mol. The van der Waals surface area contributed by atoms with E-state index in [1.807, 2.05) is 78.9 Å². The van der Waals surface area contributed by atoms with Gasteiger partial charge in [-0.1, -0.05) is 66.7 Å². The molecule has 1 fully saturated rings. The van der Waals surface area contributed by atoms with E-state index in [1.165, 1.54) is 0 Å². The lowest BCUT2D eigenvalue weighted by Gasteiger charge is -2.35. The molecule has 4 atom stereocenters. The van der Waals surface area contributed by atoms with Gasteiger partial charge in [-0.2, -0.15) is 0 Å². The first-order chi connectivity index (χ1) is 14.6. The number of carbonyl (C=O) groups is 2. The minimum absolute atomic E-state index is 0.0402. The topological polar surface area (TPSA) is 58.6 Å². The van der Waals surface area contributed by atoms with Crippen LogP contribution in [0.1, 0.15) is 28.7 Å². The molecule has 3 heterocycles. The maximum atomic E-state index is 13.8. The molecule has 3 aromatic rings. The van der Waals surface area contributed by atoms with Crippen LogP contribution in [0.25, 0.3) is 0 Å². The zero-order chi connectivity index (χ0) is 20.5. The highest BCUT2D eigenvalue weighted by molar-refractivity contribution is 6.09. The highest BCUT2D eigenvalue weighted by Crippen LogP contribution is 2.61. The number of likely N-dealkylation sites (N-methyl/N-ethyl adjacent to an activating group) is 1. The largest absolute Gasteiger partial charge is 0.426 e. The molecule has 30 heavy (non-hydrogen) atoms. The Morgan fingerprint density at radius 2 is 1.60 bits per heavy atom. The molecule has 0 aromatic heterocycles. The summed E-state index contributed by atoms with van der Waals surface area (Å²) in [6.45, 7) is 0. The molecule has 0 unspecified atom stereocenters. The SMILES string of the molecule is CN1C(=O)[C@]2(N[C@H](c3ccccc3)[C@H]3C(=O)Oc4ccccc4[C@H]32)c2ccccc21. The first-order valence-corrected chi connectivity index (χ1v) is 10.1. The lowest BCUT2D eigenvalue weighted by molar-refractivity contribution is -0.141. The van der Waals surface area contributed by atoms with Crippen molar-refractivity contribution in [3.05, 3.63) is 95.6 Å². The van der Waals surface area contributed by atoms with Crippen molar-refractivity contribution in [2.24, 2.45) is 5.92 Å². The second-order valence-electron chi connectivity index (χ2n) is 8.18. The first-order valence-electron chi connectivity index (χ1n) is 10.1. The molecular formula is C25H20N2O3. The Labute approximate surface area is 174 Å². The number of benzene rings is 3. The summed E-state index contributed by atoms with van der Waals surface area (Å²) in [6.07, 6.45) is 0. The lowest BCUT2D eigenvalue weighted by atomic mass is 9.70. The number of fused-ring (bicyclic) bond motifs is 6. The fourth-order valence-electron chi connectivity index (χ4n) is 5.57. The molecule has 1 saturated heterocycles. The number of ether oxygens (including phenoxy) is 1. The van der Waals surface area contributed by atoms with Gasteiger partial charge in [-0.3, -0.25) is 14.9 Å². The van der Waals surface area contributed by atoms with Gasteiger partial charge in [-0.25, -0.2) is 0 Å². The standard InChI is InChI=1S/C25H20N2O3/c1-27-18-13-7-6-12-17(18)25(24(27)29)21-16-11-5-8-14-19(16)30-23(28)20(21)22(26-25)15-9-3-2-4-10-15/h2-14,20-22,26H,1H3/t20-,21+,22+,25-/m0/s1. The Balaban J connectivity index is 1.65. The highest BCUT2D eigenvalue weighted by Gasteiger charge is 2.67. The summed E-state index contributed by atoms with van der Waals surface area (Å²) in [5.74, 6) is -0.665. The van der Waals surface area contributed by atoms with Crippen LogP contribution in [-0.2, 0) is 15.1 Å². The van der Waals surface area contributed by atoms with E-state index < -0.39 is 11.5 Å². The van der Waals surface area contributed by atoms with Crippen LogP contribution in [0.2, 0.25) is 0 Å². The van der Waals surface area contributed by atoms with E-state index >= 15 is 0 Å². The van der Waals surface area contributed by atoms with Gasteiger partial charge >= 0.3 is 5.97 Å². The van der Waals surface area contributed by atoms with E-state index in [0.29, 0.717) is 5.75 Å². The van der Waals surface area contributed by atoms with E-state index in [2.05, 4.69) is 5.32 Å². The van der Waals surface area contributed by atoms with Crippen molar-refractivity contribution in [1.29, 1.82) is 0 Å². The van der Waals surface area contributed by atoms with Gasteiger partial charge in [0.1, 0.15) is 11.3 Å². The van der Waals surface area contributed by atoms with Gasteiger partial charge in [0, 0.05) is 35.8 Å². The van der Waals surface area contributed by atoms with Crippen molar-refractivity contribution in [2.75, 3.05) is 11.9 Å². The fraction of sp³-hybridized carbons (Fsp3) is 0.200. The molecule has 148 valence electrons. The number of nitrogens with zero attached hydrogens (tertiary/aromatic N) is 1. The van der Waals surface area contributed by atoms with Gasteiger partial charge in [0.25, 0.3) is 5.91 Å². The second kappa shape index (κ2) is 6.03. The smallest absolute Gasteiger partial charge is 0.317 e. The first kappa shape index (κ1) is 17.4. The van der Waals surface area contributed by atoms with Crippen LogP contribution in [0, 0.1) is 5.92 Å². The number of rotatable bonds is 1. The third-order valence-electron chi connectivity index (χ3n) is 6.80. The van der Waals surface area contributed by atoms with Crippen LogP contribution in [-0.4, -0.2) is 18.9 Å². The summed E-state index contributed by atoms with van der Waals surface area (Å²) in [6, 6.07) is 24.9. The third kappa shape index (κ3) is 2.05. The average Bonchev–Trinajstić information content (AvgIpc) is 3.26. The lowest BCUT2D eigenvalue weighted by Crippen LogP contribution is -2.50. The zero-order valence-corrected chi connectivity index (χ0v) is 16.4. The Morgan fingerprint density at radius 3 is 2.43 bits per heavy atom. The van der Waals surface area contributed by atoms with Crippen LogP contribution < -0.4 is 15.0 Å². The monoisotopic (exact) mass is 396 g/mol. The number of amides is 1. The van der Waals surface area contributed by atoms with Crippen LogP contribution in [0.5, 0.6) is 5.75 Å². The van der Waals surface area contributed by atoms with Crippen molar-refractivity contribution >= 4 is 17.6 Å². The number of hydrogen-bond acceptors (Lipinski definition) is 4. The molecule has 5 nitrogen and oxygen atoms in total. The summed E-state index contributed by atoms with van der Waals surface area (Å²) in [5.41, 5.74) is 2.63. The summed E-state index contributed by atoms with van der Waals surface area (Å²) in [5, 5.41) is 3.64. The van der Waals surface area contributed by atoms with E-state index in [0.717, 1.165) is 22.4 Å². The van der Waals surface area contributed by atoms with Gasteiger partial charge < -0.3 is 9.64 Å². The number of nitrogens with one attached hydrogen (secondary N) is 1. The quantitative estimate of drug-likeness (QED) is 0.505. The Bertz CT molecular complexity index is 1190. The van der Waals surface area contributed by atoms with Crippen LogP contribution in [0.3, 0.4) is 0 Å². The summed E-state index contributed by atoms with van der Waals surface area (Å²) in [4.78, 5) is 28.8. The van der Waals surface area contributed by atoms with Gasteiger partial charge in [0.15, 0.2) is 0 Å². The molecule has 6 rings (SSSR count). The number of carbonyl (C=O) groups excluding carboxylic acids is 2. The Kier molecular flexibility index (Phi) is 3.50. The molecule has 0 bridgehead atoms. The predicted octanol–water partition coefficient (Wildman–Crippen LogP) is 3.52. The Morgan fingerprint density at radius 1 is 0.900 bits per heavy atom. The second-order valence-corrected chi connectivity index (χ2v) is 8.18. The molecule has 1 spiro atoms. The molecule has 0 saturated carbocycles. The van der Waals surface area contributed by atoms with Gasteiger partial charge in [-0.15, -0.1) is 0 Å². The minimum Gasteiger partial charge on any atom is -0.426 e. The van der Waals surface area contributed by atoms with Crippen molar-refractivity contribution < 1.29 is 14.3 Å². The van der Waals surface area contributed by atoms with E-state index in [-0.39, 0.29) is 23.8 Å². The summed E-state index contributed by atoms with van der Waals surface area (Å²) < 4.78 is 5.75. The van der Waals surface area contributed by atoms with Crippen LogP contribution in [0.4, 0.5) is 5.69 Å². The normalized spacial score (nSPS) is 28.8.